The molecule has 0 saturated heterocycles. The Balaban J connectivity index is 0.000000550. The number of hydrogen-bond acceptors (Lipinski definition) is 3. The minimum atomic E-state index is -2.18. The Kier molecular flexibility index (Phi) is 6.51. The molecule has 0 aliphatic heterocycles. The van der Waals surface area contributed by atoms with Crippen LogP contribution in [0.5, 0.6) is 11.5 Å². The number of hydrogen-bond donors (Lipinski definition) is 0. The third-order valence-corrected chi connectivity index (χ3v) is 2.57. The summed E-state index contributed by atoms with van der Waals surface area (Å²) in [6, 6.07) is 17.8. The van der Waals surface area contributed by atoms with Crippen molar-refractivity contribution in [2.75, 3.05) is 0 Å². The van der Waals surface area contributed by atoms with Crippen molar-refractivity contribution in [3.63, 3.8) is 0 Å². The zero-order valence-electron chi connectivity index (χ0n) is 9.79. The topological polar surface area (TPSA) is 94.2 Å². The molecule has 0 unspecified atom stereocenters. The normalized spacial score (nSPS) is 8.42. The third-order valence-electron chi connectivity index (χ3n) is 1.85. The van der Waals surface area contributed by atoms with Crippen LogP contribution < -0.4 is 9.05 Å². The first-order chi connectivity index (χ1) is 9.26. The van der Waals surface area contributed by atoms with Gasteiger partial charge in [0, 0.05) is 4.57 Å². The van der Waals surface area contributed by atoms with Crippen LogP contribution in [-0.2, 0) is 4.57 Å². The highest BCUT2D eigenvalue weighted by Gasteiger charge is 2.23. The smallest absolute Gasteiger partial charge is 0.373 e. The summed E-state index contributed by atoms with van der Waals surface area (Å²) in [5.41, 5.74) is 13.5. The molecule has 0 N–H and O–H groups in total. The molecular formula is C12H10N3O3P. The summed E-state index contributed by atoms with van der Waals surface area (Å²) in [7, 11) is -2.18. The van der Waals surface area contributed by atoms with E-state index in [1.165, 1.54) is 4.91 Å². The summed E-state index contributed by atoms with van der Waals surface area (Å²) >= 11 is 0. The summed E-state index contributed by atoms with van der Waals surface area (Å²) in [6.07, 6.45) is 0. The van der Waals surface area contributed by atoms with Crippen LogP contribution in [-0.4, -0.2) is 0 Å². The first-order valence-corrected chi connectivity index (χ1v) is 6.27. The molecule has 0 aliphatic carbocycles. The van der Waals surface area contributed by atoms with Crippen LogP contribution in [0.4, 0.5) is 0 Å². The van der Waals surface area contributed by atoms with E-state index in [9.17, 15) is 4.57 Å². The van der Waals surface area contributed by atoms with Gasteiger partial charge in [-0.3, -0.25) is 4.91 Å². The van der Waals surface area contributed by atoms with Gasteiger partial charge in [0.25, 0.3) is 0 Å². The Morgan fingerprint density at radius 2 is 1.11 bits per heavy atom. The Hall–Kier alpha value is -2.55. The van der Waals surface area contributed by atoms with Gasteiger partial charge in [-0.15, -0.1) is 0 Å². The minimum Gasteiger partial charge on any atom is -0.373 e. The van der Waals surface area contributed by atoms with Crippen LogP contribution in [0.25, 0.3) is 16.0 Å². The molecule has 0 saturated carbocycles. The summed E-state index contributed by atoms with van der Waals surface area (Å²) < 4.78 is 21.7. The monoisotopic (exact) mass is 275 g/mol. The van der Waals surface area contributed by atoms with Gasteiger partial charge in [-0.25, -0.2) is 9.05 Å². The second-order valence-electron chi connectivity index (χ2n) is 3.12. The Bertz CT molecular complexity index is 499. The molecule has 0 radical (unpaired) electrons. The van der Waals surface area contributed by atoms with Crippen molar-refractivity contribution >= 4 is 8.25 Å². The molecule has 0 amide bonds. The Morgan fingerprint density at radius 3 is 1.42 bits per heavy atom. The summed E-state index contributed by atoms with van der Waals surface area (Å²) in [6.45, 7) is 0. The molecule has 96 valence electrons. The number of benzene rings is 2. The molecule has 6 nitrogen and oxygen atoms in total. The Labute approximate surface area is 111 Å². The quantitative estimate of drug-likeness (QED) is 0.351. The molecule has 2 aromatic carbocycles. The van der Waals surface area contributed by atoms with Gasteiger partial charge in [0.05, 0.1) is 0 Å². The van der Waals surface area contributed by atoms with Crippen molar-refractivity contribution in [3.8, 4) is 11.5 Å². The maximum atomic E-state index is 11.5. The predicted octanol–water partition coefficient (Wildman–Crippen LogP) is 4.67. The molecule has 19 heavy (non-hydrogen) atoms. The van der Waals surface area contributed by atoms with Crippen LogP contribution in [0.3, 0.4) is 0 Å². The molecule has 0 bridgehead atoms. The second kappa shape index (κ2) is 8.53. The maximum Gasteiger partial charge on any atom is 0.805 e. The Morgan fingerprint density at radius 1 is 0.789 bits per heavy atom. The van der Waals surface area contributed by atoms with Gasteiger partial charge < -0.3 is 11.1 Å². The molecule has 0 aromatic heterocycles. The SMILES string of the molecule is O=[P+](Oc1ccccc1)Oc1ccccc1.[N-]=[N+]=[N-]. The fourth-order valence-electron chi connectivity index (χ4n) is 1.15. The first-order valence-electron chi connectivity index (χ1n) is 5.18. The van der Waals surface area contributed by atoms with Crippen molar-refractivity contribution < 1.29 is 13.6 Å². The fraction of sp³-hybridized carbons (Fsp3) is 0. The van der Waals surface area contributed by atoms with E-state index in [4.69, 9.17) is 20.1 Å². The molecule has 2 aromatic rings. The highest BCUT2D eigenvalue weighted by atomic mass is 31.1. The lowest BCUT2D eigenvalue weighted by Gasteiger charge is -1.92. The molecule has 0 heterocycles. The summed E-state index contributed by atoms with van der Waals surface area (Å²) in [5.74, 6) is 1.05. The lowest BCUT2D eigenvalue weighted by Crippen LogP contribution is -1.87. The van der Waals surface area contributed by atoms with Gasteiger partial charge in [-0.1, -0.05) is 36.4 Å². The average Bonchev–Trinajstić information content (AvgIpc) is 2.41. The van der Waals surface area contributed by atoms with E-state index in [-0.39, 0.29) is 0 Å². The molecule has 0 spiro atoms. The molecule has 7 heteroatoms. The van der Waals surface area contributed by atoms with Crippen molar-refractivity contribution in [1.82, 2.24) is 0 Å². The maximum absolute atomic E-state index is 11.5. The van der Waals surface area contributed by atoms with E-state index < -0.39 is 8.25 Å². The highest BCUT2D eigenvalue weighted by Crippen LogP contribution is 2.29. The molecule has 0 aliphatic rings. The molecule has 0 atom stereocenters. The standard InChI is InChI=1S/C12H10O3P.N3/c13-16(14-11-7-3-1-4-8-11)15-12-9-5-2-6-10-12;1-3-2/h1-10H;/q+1;-1. The van der Waals surface area contributed by atoms with E-state index in [2.05, 4.69) is 0 Å². The van der Waals surface area contributed by atoms with Crippen molar-refractivity contribution in [3.05, 3.63) is 76.6 Å². The van der Waals surface area contributed by atoms with Crippen LogP contribution in [0.15, 0.2) is 60.7 Å². The van der Waals surface area contributed by atoms with Crippen molar-refractivity contribution in [2.24, 2.45) is 0 Å². The third kappa shape index (κ3) is 6.07. The molecule has 2 rings (SSSR count). The van der Waals surface area contributed by atoms with Gasteiger partial charge in [0.15, 0.2) is 11.5 Å². The lowest BCUT2D eigenvalue weighted by atomic mass is 10.3. The van der Waals surface area contributed by atoms with Gasteiger partial charge in [-0.2, -0.15) is 0 Å². The molecule has 0 fully saturated rings. The number of nitrogens with zero attached hydrogens (tertiary/aromatic N) is 3. The van der Waals surface area contributed by atoms with Crippen molar-refractivity contribution in [1.29, 1.82) is 0 Å². The summed E-state index contributed by atoms with van der Waals surface area (Å²) in [5, 5.41) is 0. The van der Waals surface area contributed by atoms with Crippen LogP contribution in [0.1, 0.15) is 0 Å². The van der Waals surface area contributed by atoms with Gasteiger partial charge >= 0.3 is 8.25 Å². The highest BCUT2D eigenvalue weighted by molar-refractivity contribution is 7.34. The number of para-hydroxylation sites is 2. The zero-order chi connectivity index (χ0) is 13.9. The van der Waals surface area contributed by atoms with Crippen LogP contribution >= 0.6 is 8.25 Å². The van der Waals surface area contributed by atoms with E-state index in [0.29, 0.717) is 11.5 Å². The molecular weight excluding hydrogens is 265 g/mol. The lowest BCUT2D eigenvalue weighted by molar-refractivity contribution is 0.415. The average molecular weight is 275 g/mol. The fourth-order valence-corrected chi connectivity index (χ4v) is 1.78. The van der Waals surface area contributed by atoms with Gasteiger partial charge in [-0.05, 0) is 24.3 Å². The van der Waals surface area contributed by atoms with Crippen LogP contribution in [0, 0.1) is 0 Å². The minimum absolute atomic E-state index is 0.527. The number of rotatable bonds is 4. The van der Waals surface area contributed by atoms with Gasteiger partial charge in [0.2, 0.25) is 0 Å². The first kappa shape index (κ1) is 14.5. The largest absolute Gasteiger partial charge is 0.805 e. The van der Waals surface area contributed by atoms with E-state index in [1.54, 1.807) is 48.5 Å². The van der Waals surface area contributed by atoms with Crippen molar-refractivity contribution in [2.45, 2.75) is 0 Å². The van der Waals surface area contributed by atoms with Gasteiger partial charge in [0.1, 0.15) is 0 Å². The second-order valence-corrected chi connectivity index (χ2v) is 3.93. The zero-order valence-corrected chi connectivity index (χ0v) is 10.7. The van der Waals surface area contributed by atoms with E-state index >= 15 is 0 Å². The summed E-state index contributed by atoms with van der Waals surface area (Å²) in [4.78, 5) is 1.50. The van der Waals surface area contributed by atoms with Crippen LogP contribution in [0.2, 0.25) is 0 Å². The van der Waals surface area contributed by atoms with E-state index in [0.717, 1.165) is 0 Å². The van der Waals surface area contributed by atoms with E-state index in [1.807, 2.05) is 12.1 Å². The predicted molar refractivity (Wildman–Crippen MR) is 71.8 cm³/mol.